The molecule has 0 saturated carbocycles. The fourth-order valence-electron chi connectivity index (χ4n) is 3.73. The second-order valence-corrected chi connectivity index (χ2v) is 8.27. The molecule has 188 valence electrons. The van der Waals surface area contributed by atoms with Gasteiger partial charge in [-0.2, -0.15) is 0 Å². The molecule has 3 aromatic rings. The van der Waals surface area contributed by atoms with Gasteiger partial charge in [0.2, 0.25) is 0 Å². The van der Waals surface area contributed by atoms with Crippen molar-refractivity contribution in [2.24, 2.45) is 0 Å². The number of nitrogens with one attached hydrogen (secondary N) is 4. The number of hydrogen-bond donors (Lipinski definition) is 4. The number of halogens is 1. The molecular formula is C26H29FN6O3. The van der Waals surface area contributed by atoms with Gasteiger partial charge in [-0.1, -0.05) is 12.1 Å². The van der Waals surface area contributed by atoms with Gasteiger partial charge >= 0.3 is 6.03 Å². The van der Waals surface area contributed by atoms with Crippen molar-refractivity contribution >= 4 is 34.8 Å². The van der Waals surface area contributed by atoms with Crippen LogP contribution < -0.4 is 21.3 Å². The molecule has 2 aromatic carbocycles. The van der Waals surface area contributed by atoms with Crippen LogP contribution in [0.4, 0.5) is 32.1 Å². The summed E-state index contributed by atoms with van der Waals surface area (Å²) in [5, 5.41) is 11.3. The van der Waals surface area contributed by atoms with Gasteiger partial charge in [-0.3, -0.25) is 15.0 Å². The summed E-state index contributed by atoms with van der Waals surface area (Å²) >= 11 is 0. The Morgan fingerprint density at radius 2 is 1.69 bits per heavy atom. The Morgan fingerprint density at radius 3 is 2.39 bits per heavy atom. The number of urea groups is 1. The average Bonchev–Trinajstić information content (AvgIpc) is 2.87. The number of benzene rings is 2. The van der Waals surface area contributed by atoms with Crippen LogP contribution in [0.25, 0.3) is 0 Å². The van der Waals surface area contributed by atoms with E-state index in [2.05, 4.69) is 31.2 Å². The minimum Gasteiger partial charge on any atom is -0.379 e. The van der Waals surface area contributed by atoms with E-state index in [1.165, 1.54) is 18.3 Å². The molecular weight excluding hydrogens is 463 g/mol. The Kier molecular flexibility index (Phi) is 8.43. The minimum absolute atomic E-state index is 0.259. The molecule has 1 fully saturated rings. The second kappa shape index (κ2) is 12.1. The van der Waals surface area contributed by atoms with Crippen LogP contribution in [-0.2, 0) is 11.3 Å². The van der Waals surface area contributed by atoms with Gasteiger partial charge in [-0.05, 0) is 48.9 Å². The van der Waals surface area contributed by atoms with Crippen LogP contribution in [0, 0.1) is 5.82 Å². The zero-order valence-electron chi connectivity index (χ0n) is 20.0. The van der Waals surface area contributed by atoms with E-state index in [4.69, 9.17) is 4.74 Å². The number of carbonyl (C=O) groups is 2. The fraction of sp³-hybridized carbons (Fsp3) is 0.269. The number of ether oxygens (including phenoxy) is 1. The molecule has 1 aliphatic rings. The maximum Gasteiger partial charge on any atom is 0.320 e. The molecule has 36 heavy (non-hydrogen) atoms. The SMILES string of the molecule is CCNC(=O)Nc1cc(Nc2ccc(F)cc2)c(C(=O)Nc2ccc(CN3CCOCC3)cc2)cn1. The zero-order valence-corrected chi connectivity index (χ0v) is 20.0. The Bertz CT molecular complexity index is 1180. The number of morpholine rings is 1. The molecule has 4 N–H and O–H groups in total. The number of rotatable bonds is 8. The first-order chi connectivity index (χ1) is 17.5. The lowest BCUT2D eigenvalue weighted by atomic mass is 10.1. The summed E-state index contributed by atoms with van der Waals surface area (Å²) < 4.78 is 18.7. The topological polar surface area (TPSA) is 108 Å². The molecule has 0 atom stereocenters. The summed E-state index contributed by atoms with van der Waals surface area (Å²) in [4.78, 5) is 31.6. The lowest BCUT2D eigenvalue weighted by Crippen LogP contribution is -2.35. The average molecular weight is 493 g/mol. The number of carbonyl (C=O) groups excluding carboxylic acids is 2. The smallest absolute Gasteiger partial charge is 0.320 e. The van der Waals surface area contributed by atoms with E-state index in [0.717, 1.165) is 38.4 Å². The third kappa shape index (κ3) is 7.00. The Labute approximate surface area is 209 Å². The Balaban J connectivity index is 1.49. The molecule has 2 heterocycles. The van der Waals surface area contributed by atoms with E-state index < -0.39 is 6.03 Å². The monoisotopic (exact) mass is 492 g/mol. The van der Waals surface area contributed by atoms with Gasteiger partial charge in [-0.15, -0.1) is 0 Å². The van der Waals surface area contributed by atoms with Crippen molar-refractivity contribution in [3.63, 3.8) is 0 Å². The van der Waals surface area contributed by atoms with Crippen LogP contribution in [0.1, 0.15) is 22.8 Å². The molecule has 3 amide bonds. The normalized spacial score (nSPS) is 13.6. The molecule has 10 heteroatoms. The maximum absolute atomic E-state index is 13.4. The van der Waals surface area contributed by atoms with Crippen molar-refractivity contribution in [1.82, 2.24) is 15.2 Å². The van der Waals surface area contributed by atoms with Crippen molar-refractivity contribution in [3.05, 3.63) is 77.7 Å². The van der Waals surface area contributed by atoms with Gasteiger partial charge in [0.05, 0.1) is 24.5 Å². The fourth-order valence-corrected chi connectivity index (χ4v) is 3.73. The van der Waals surface area contributed by atoms with Gasteiger partial charge in [0, 0.05) is 49.8 Å². The van der Waals surface area contributed by atoms with E-state index in [9.17, 15) is 14.0 Å². The van der Waals surface area contributed by atoms with Crippen molar-refractivity contribution in [2.75, 3.05) is 48.8 Å². The number of nitrogens with zero attached hydrogens (tertiary/aromatic N) is 2. The zero-order chi connectivity index (χ0) is 25.3. The van der Waals surface area contributed by atoms with Crippen LogP contribution in [0.2, 0.25) is 0 Å². The van der Waals surface area contributed by atoms with E-state index >= 15 is 0 Å². The number of pyridine rings is 1. The predicted molar refractivity (Wildman–Crippen MR) is 137 cm³/mol. The summed E-state index contributed by atoms with van der Waals surface area (Å²) in [5.74, 6) is -0.490. The molecule has 0 radical (unpaired) electrons. The minimum atomic E-state index is -0.410. The van der Waals surface area contributed by atoms with Crippen LogP contribution in [0.3, 0.4) is 0 Å². The van der Waals surface area contributed by atoms with E-state index in [-0.39, 0.29) is 23.1 Å². The van der Waals surface area contributed by atoms with Gasteiger partial charge in [-0.25, -0.2) is 14.2 Å². The first-order valence-corrected chi connectivity index (χ1v) is 11.8. The van der Waals surface area contributed by atoms with Crippen LogP contribution in [0.5, 0.6) is 0 Å². The molecule has 1 aliphatic heterocycles. The Morgan fingerprint density at radius 1 is 1.00 bits per heavy atom. The van der Waals surface area contributed by atoms with E-state index in [1.54, 1.807) is 25.1 Å². The van der Waals surface area contributed by atoms with Gasteiger partial charge < -0.3 is 20.7 Å². The summed E-state index contributed by atoms with van der Waals surface area (Å²) in [5.41, 5.74) is 3.04. The highest BCUT2D eigenvalue weighted by Gasteiger charge is 2.16. The quantitative estimate of drug-likeness (QED) is 0.376. The standard InChI is InChI=1S/C26H29FN6O3/c1-2-28-26(35)32-24-15-23(30-20-9-5-19(27)6-10-20)22(16-29-24)25(34)31-21-7-3-18(4-8-21)17-33-11-13-36-14-12-33/h3-10,15-16H,2,11-14,17H2,1H3,(H,31,34)(H3,28,29,30,32,35). The van der Waals surface area contributed by atoms with Gasteiger partial charge in [0.15, 0.2) is 0 Å². The van der Waals surface area contributed by atoms with Crippen molar-refractivity contribution in [3.8, 4) is 0 Å². The van der Waals surface area contributed by atoms with E-state index in [0.29, 0.717) is 23.6 Å². The van der Waals surface area contributed by atoms with Gasteiger partial charge in [0.1, 0.15) is 11.6 Å². The van der Waals surface area contributed by atoms with Crippen LogP contribution in [0.15, 0.2) is 60.8 Å². The summed E-state index contributed by atoms with van der Waals surface area (Å²) in [7, 11) is 0. The molecule has 1 saturated heterocycles. The predicted octanol–water partition coefficient (Wildman–Crippen LogP) is 4.19. The molecule has 0 unspecified atom stereocenters. The number of amides is 3. The first-order valence-electron chi connectivity index (χ1n) is 11.8. The first kappa shape index (κ1) is 25.1. The second-order valence-electron chi connectivity index (χ2n) is 8.27. The number of anilines is 4. The lowest BCUT2D eigenvalue weighted by Gasteiger charge is -2.26. The highest BCUT2D eigenvalue weighted by atomic mass is 19.1. The lowest BCUT2D eigenvalue weighted by molar-refractivity contribution is 0.0342. The van der Waals surface area contributed by atoms with Gasteiger partial charge in [0.25, 0.3) is 5.91 Å². The molecule has 9 nitrogen and oxygen atoms in total. The maximum atomic E-state index is 13.4. The number of hydrogen-bond acceptors (Lipinski definition) is 6. The summed E-state index contributed by atoms with van der Waals surface area (Å²) in [6.07, 6.45) is 1.38. The number of aromatic nitrogens is 1. The van der Waals surface area contributed by atoms with Crippen molar-refractivity contribution in [1.29, 1.82) is 0 Å². The summed E-state index contributed by atoms with van der Waals surface area (Å²) in [6.45, 7) is 6.38. The highest BCUT2D eigenvalue weighted by molar-refractivity contribution is 6.08. The van der Waals surface area contributed by atoms with Crippen molar-refractivity contribution < 1.29 is 18.7 Å². The molecule has 0 bridgehead atoms. The van der Waals surface area contributed by atoms with E-state index in [1.807, 2.05) is 24.3 Å². The summed E-state index contributed by atoms with van der Waals surface area (Å²) in [6, 6.07) is 14.6. The third-order valence-corrected chi connectivity index (χ3v) is 5.57. The third-order valence-electron chi connectivity index (χ3n) is 5.57. The molecule has 0 aliphatic carbocycles. The molecule has 1 aromatic heterocycles. The molecule has 0 spiro atoms. The molecule has 4 rings (SSSR count). The largest absolute Gasteiger partial charge is 0.379 e. The van der Waals surface area contributed by atoms with Crippen LogP contribution in [-0.4, -0.2) is 54.7 Å². The van der Waals surface area contributed by atoms with Crippen LogP contribution >= 0.6 is 0 Å². The van der Waals surface area contributed by atoms with Crippen molar-refractivity contribution in [2.45, 2.75) is 13.5 Å². The Hall–Kier alpha value is -4.02. The highest BCUT2D eigenvalue weighted by Crippen LogP contribution is 2.25.